The van der Waals surface area contributed by atoms with Crippen LogP contribution in [0.1, 0.15) is 33.6 Å². The molecule has 0 saturated carbocycles. The van der Waals surface area contributed by atoms with E-state index in [9.17, 15) is 12.8 Å². The molecule has 1 aromatic rings. The van der Waals surface area contributed by atoms with Crippen molar-refractivity contribution in [2.45, 2.75) is 44.0 Å². The van der Waals surface area contributed by atoms with Crippen LogP contribution in [0.4, 0.5) is 4.39 Å². The Bertz CT molecular complexity index is 529. The summed E-state index contributed by atoms with van der Waals surface area (Å²) in [6.45, 7) is 5.60. The van der Waals surface area contributed by atoms with Gasteiger partial charge in [0, 0.05) is 5.54 Å². The molecule has 0 radical (unpaired) electrons. The molecule has 102 valence electrons. The first-order chi connectivity index (χ1) is 8.18. The van der Waals surface area contributed by atoms with Crippen LogP contribution < -0.4 is 4.72 Å². The molecule has 0 atom stereocenters. The SMILES string of the molecule is CCCC(C)(C)NS(=O)(=O)c1ccc(Br)c(F)c1. The molecule has 18 heavy (non-hydrogen) atoms. The Morgan fingerprint density at radius 1 is 1.39 bits per heavy atom. The zero-order valence-electron chi connectivity index (χ0n) is 10.6. The van der Waals surface area contributed by atoms with Crippen LogP contribution in [0.15, 0.2) is 27.6 Å². The number of hydrogen-bond donors (Lipinski definition) is 1. The van der Waals surface area contributed by atoms with E-state index in [1.54, 1.807) is 0 Å². The molecular weight excluding hydrogens is 321 g/mol. The molecule has 0 amide bonds. The Morgan fingerprint density at radius 2 is 2.00 bits per heavy atom. The zero-order valence-corrected chi connectivity index (χ0v) is 13.0. The standard InChI is InChI=1S/C12H17BrFNO2S/c1-4-7-12(2,3)15-18(16,17)9-5-6-10(13)11(14)8-9/h5-6,8,15H,4,7H2,1-3H3. The highest BCUT2D eigenvalue weighted by atomic mass is 79.9. The third-order valence-electron chi connectivity index (χ3n) is 2.49. The van der Waals surface area contributed by atoms with Crippen LogP contribution in [0.2, 0.25) is 0 Å². The number of sulfonamides is 1. The summed E-state index contributed by atoms with van der Waals surface area (Å²) < 4.78 is 40.4. The minimum Gasteiger partial charge on any atom is -0.207 e. The molecule has 0 aliphatic heterocycles. The first-order valence-electron chi connectivity index (χ1n) is 5.67. The molecule has 0 heterocycles. The minimum atomic E-state index is -3.69. The summed E-state index contributed by atoms with van der Waals surface area (Å²) in [6.07, 6.45) is 1.58. The number of halogens is 2. The number of rotatable bonds is 5. The van der Waals surface area contributed by atoms with Crippen LogP contribution in [-0.2, 0) is 10.0 Å². The van der Waals surface area contributed by atoms with Gasteiger partial charge >= 0.3 is 0 Å². The van der Waals surface area contributed by atoms with Gasteiger partial charge in [-0.3, -0.25) is 0 Å². The molecule has 0 saturated heterocycles. The fraction of sp³-hybridized carbons (Fsp3) is 0.500. The number of nitrogens with one attached hydrogen (secondary N) is 1. The molecule has 0 spiro atoms. The van der Waals surface area contributed by atoms with Gasteiger partial charge in [-0.25, -0.2) is 17.5 Å². The van der Waals surface area contributed by atoms with E-state index in [2.05, 4.69) is 20.7 Å². The van der Waals surface area contributed by atoms with Gasteiger partial charge in [0.05, 0.1) is 9.37 Å². The highest BCUT2D eigenvalue weighted by Crippen LogP contribution is 2.21. The van der Waals surface area contributed by atoms with Crippen LogP contribution in [0, 0.1) is 5.82 Å². The van der Waals surface area contributed by atoms with E-state index >= 15 is 0 Å². The van der Waals surface area contributed by atoms with E-state index in [0.29, 0.717) is 6.42 Å². The second kappa shape index (κ2) is 5.67. The lowest BCUT2D eigenvalue weighted by Gasteiger charge is -2.25. The van der Waals surface area contributed by atoms with Crippen molar-refractivity contribution in [2.24, 2.45) is 0 Å². The zero-order chi connectivity index (χ0) is 14.0. The largest absolute Gasteiger partial charge is 0.241 e. The predicted molar refractivity (Wildman–Crippen MR) is 73.4 cm³/mol. The van der Waals surface area contributed by atoms with E-state index in [-0.39, 0.29) is 9.37 Å². The van der Waals surface area contributed by atoms with Crippen LogP contribution in [0.25, 0.3) is 0 Å². The smallest absolute Gasteiger partial charge is 0.207 e. The topological polar surface area (TPSA) is 46.2 Å². The van der Waals surface area contributed by atoms with Gasteiger partial charge in [0.1, 0.15) is 5.82 Å². The average molecular weight is 338 g/mol. The molecule has 1 N–H and O–H groups in total. The Kier molecular flexibility index (Phi) is 4.91. The Hall–Kier alpha value is -0.460. The quantitative estimate of drug-likeness (QED) is 0.894. The van der Waals surface area contributed by atoms with Gasteiger partial charge in [0.2, 0.25) is 10.0 Å². The van der Waals surface area contributed by atoms with Gasteiger partial charge in [-0.15, -0.1) is 0 Å². The third-order valence-corrected chi connectivity index (χ3v) is 4.83. The van der Waals surface area contributed by atoms with Crippen LogP contribution in [-0.4, -0.2) is 14.0 Å². The van der Waals surface area contributed by atoms with E-state index in [0.717, 1.165) is 12.5 Å². The molecular formula is C12H17BrFNO2S. The number of hydrogen-bond acceptors (Lipinski definition) is 2. The van der Waals surface area contributed by atoms with Gasteiger partial charge in [-0.1, -0.05) is 13.3 Å². The summed E-state index contributed by atoms with van der Waals surface area (Å²) in [6, 6.07) is 3.77. The lowest BCUT2D eigenvalue weighted by molar-refractivity contribution is 0.417. The highest BCUT2D eigenvalue weighted by molar-refractivity contribution is 9.10. The van der Waals surface area contributed by atoms with E-state index < -0.39 is 21.4 Å². The van der Waals surface area contributed by atoms with Gasteiger partial charge in [0.25, 0.3) is 0 Å². The summed E-state index contributed by atoms with van der Waals surface area (Å²) >= 11 is 2.99. The monoisotopic (exact) mass is 337 g/mol. The molecule has 0 aromatic heterocycles. The number of benzene rings is 1. The molecule has 0 bridgehead atoms. The molecule has 3 nitrogen and oxygen atoms in total. The van der Waals surface area contributed by atoms with Gasteiger partial charge < -0.3 is 0 Å². The second-order valence-corrected chi connectivity index (χ2v) is 7.35. The fourth-order valence-electron chi connectivity index (χ4n) is 1.74. The molecule has 1 rings (SSSR count). The summed E-state index contributed by atoms with van der Waals surface area (Å²) in [5, 5.41) is 0. The van der Waals surface area contributed by atoms with Crippen LogP contribution >= 0.6 is 15.9 Å². The maximum atomic E-state index is 13.4. The summed E-state index contributed by atoms with van der Waals surface area (Å²) in [4.78, 5) is -0.0626. The molecule has 0 aliphatic rings. The fourth-order valence-corrected chi connectivity index (χ4v) is 3.44. The van der Waals surface area contributed by atoms with E-state index in [1.165, 1.54) is 12.1 Å². The van der Waals surface area contributed by atoms with Crippen molar-refractivity contribution < 1.29 is 12.8 Å². The summed E-state index contributed by atoms with van der Waals surface area (Å²) in [5.74, 6) is -0.592. The lowest BCUT2D eigenvalue weighted by Crippen LogP contribution is -2.43. The predicted octanol–water partition coefficient (Wildman–Crippen LogP) is 3.45. The summed E-state index contributed by atoms with van der Waals surface area (Å²) in [5.41, 5.74) is -0.545. The third kappa shape index (κ3) is 4.03. The molecule has 0 aliphatic carbocycles. The maximum absolute atomic E-state index is 13.4. The normalized spacial score (nSPS) is 12.7. The van der Waals surface area contributed by atoms with Crippen LogP contribution in [0.3, 0.4) is 0 Å². The van der Waals surface area contributed by atoms with Crippen molar-refractivity contribution in [1.29, 1.82) is 0 Å². The van der Waals surface area contributed by atoms with E-state index in [1.807, 2.05) is 20.8 Å². The molecule has 6 heteroatoms. The van der Waals surface area contributed by atoms with Crippen molar-refractivity contribution in [3.05, 3.63) is 28.5 Å². The van der Waals surface area contributed by atoms with Crippen molar-refractivity contribution >= 4 is 26.0 Å². The molecule has 0 fully saturated rings. The van der Waals surface area contributed by atoms with Gasteiger partial charge in [0.15, 0.2) is 0 Å². The first-order valence-corrected chi connectivity index (χ1v) is 7.94. The summed E-state index contributed by atoms with van der Waals surface area (Å²) in [7, 11) is -3.69. The lowest BCUT2D eigenvalue weighted by atomic mass is 10.0. The van der Waals surface area contributed by atoms with Crippen molar-refractivity contribution in [1.82, 2.24) is 4.72 Å². The second-order valence-electron chi connectivity index (χ2n) is 4.82. The van der Waals surface area contributed by atoms with Crippen molar-refractivity contribution in [3.8, 4) is 0 Å². The Labute approximate surface area is 116 Å². The molecule has 0 unspecified atom stereocenters. The molecule has 1 aromatic carbocycles. The van der Waals surface area contributed by atoms with Crippen LogP contribution in [0.5, 0.6) is 0 Å². The average Bonchev–Trinajstić information content (AvgIpc) is 2.20. The first kappa shape index (κ1) is 15.6. The van der Waals surface area contributed by atoms with Gasteiger partial charge in [-0.05, 0) is 54.4 Å². The van der Waals surface area contributed by atoms with Gasteiger partial charge in [-0.2, -0.15) is 0 Å². The highest BCUT2D eigenvalue weighted by Gasteiger charge is 2.25. The minimum absolute atomic E-state index is 0.0626. The maximum Gasteiger partial charge on any atom is 0.241 e. The van der Waals surface area contributed by atoms with Crippen molar-refractivity contribution in [3.63, 3.8) is 0 Å². The Morgan fingerprint density at radius 3 is 2.50 bits per heavy atom. The Balaban J connectivity index is 3.03. The van der Waals surface area contributed by atoms with E-state index in [4.69, 9.17) is 0 Å². The van der Waals surface area contributed by atoms with Crippen molar-refractivity contribution in [2.75, 3.05) is 0 Å².